The number of carbonyl (C=O) groups excluding carboxylic acids is 1. The minimum absolute atomic E-state index is 0.0487. The summed E-state index contributed by atoms with van der Waals surface area (Å²) in [6.07, 6.45) is 3.51. The average Bonchev–Trinajstić information content (AvgIpc) is 2.87. The lowest BCUT2D eigenvalue weighted by Gasteiger charge is -2.46. The highest BCUT2D eigenvalue weighted by molar-refractivity contribution is 5.50. The van der Waals surface area contributed by atoms with Gasteiger partial charge in [-0.3, -0.25) is 4.90 Å². The fourth-order valence-electron chi connectivity index (χ4n) is 4.65. The molecule has 0 radical (unpaired) electrons. The van der Waals surface area contributed by atoms with E-state index in [9.17, 15) is 4.79 Å². The second kappa shape index (κ2) is 12.4. The van der Waals surface area contributed by atoms with Crippen molar-refractivity contribution in [2.75, 3.05) is 6.61 Å². The normalized spacial score (nSPS) is 21.0. The Balaban J connectivity index is 1.50. The average molecular weight is 444 g/mol. The molecule has 4 rings (SSSR count). The first-order chi connectivity index (χ1) is 16.3. The van der Waals surface area contributed by atoms with Gasteiger partial charge in [0.1, 0.15) is 6.29 Å². The molecule has 2 unspecified atom stereocenters. The molecule has 1 saturated heterocycles. The summed E-state index contributed by atoms with van der Waals surface area (Å²) >= 11 is 0. The van der Waals surface area contributed by atoms with Crippen LogP contribution in [0.15, 0.2) is 91.0 Å². The fraction of sp³-hybridized carbons (Fsp3) is 0.345. The van der Waals surface area contributed by atoms with E-state index in [0.717, 1.165) is 31.2 Å². The molecule has 1 aliphatic rings. The van der Waals surface area contributed by atoms with Crippen LogP contribution >= 0.6 is 0 Å². The summed E-state index contributed by atoms with van der Waals surface area (Å²) in [4.78, 5) is 13.9. The summed E-state index contributed by atoms with van der Waals surface area (Å²) < 4.78 is 12.7. The Morgan fingerprint density at radius 1 is 0.758 bits per heavy atom. The van der Waals surface area contributed by atoms with Crippen molar-refractivity contribution in [1.82, 2.24) is 4.90 Å². The molecule has 33 heavy (non-hydrogen) atoms. The molecule has 1 aliphatic heterocycles. The highest BCUT2D eigenvalue weighted by Gasteiger charge is 2.38. The number of benzene rings is 3. The van der Waals surface area contributed by atoms with Gasteiger partial charge in [-0.05, 0) is 29.5 Å². The van der Waals surface area contributed by atoms with Crippen LogP contribution in [-0.4, -0.2) is 36.0 Å². The first-order valence-electron chi connectivity index (χ1n) is 11.8. The van der Waals surface area contributed by atoms with Crippen LogP contribution in [-0.2, 0) is 34.0 Å². The summed E-state index contributed by atoms with van der Waals surface area (Å²) in [5.41, 5.74) is 3.57. The third kappa shape index (κ3) is 6.84. The topological polar surface area (TPSA) is 38.8 Å². The van der Waals surface area contributed by atoms with Crippen molar-refractivity contribution in [2.45, 2.75) is 57.2 Å². The molecule has 172 valence electrons. The number of likely N-dealkylation sites (tertiary alicyclic amines) is 1. The van der Waals surface area contributed by atoms with E-state index in [4.69, 9.17) is 9.47 Å². The molecule has 3 aromatic rings. The van der Waals surface area contributed by atoms with Gasteiger partial charge in [-0.15, -0.1) is 0 Å². The lowest BCUT2D eigenvalue weighted by Crippen LogP contribution is -2.55. The molecule has 0 bridgehead atoms. The summed E-state index contributed by atoms with van der Waals surface area (Å²) in [6, 6.07) is 31.3. The van der Waals surface area contributed by atoms with Crippen LogP contribution in [0.4, 0.5) is 0 Å². The van der Waals surface area contributed by atoms with E-state index < -0.39 is 0 Å². The number of piperidine rings is 1. The van der Waals surface area contributed by atoms with Crippen molar-refractivity contribution < 1.29 is 14.3 Å². The maximum atomic E-state index is 11.5. The molecule has 1 heterocycles. The summed E-state index contributed by atoms with van der Waals surface area (Å²) in [5.74, 6) is 0. The van der Waals surface area contributed by atoms with E-state index in [1.165, 1.54) is 11.1 Å². The second-order valence-electron chi connectivity index (χ2n) is 8.69. The molecular formula is C29H33NO3. The van der Waals surface area contributed by atoms with Gasteiger partial charge in [0, 0.05) is 19.0 Å². The molecule has 0 N–H and O–H groups in total. The quantitative estimate of drug-likeness (QED) is 0.372. The molecule has 4 heteroatoms. The van der Waals surface area contributed by atoms with Gasteiger partial charge in [0.15, 0.2) is 0 Å². The molecule has 0 saturated carbocycles. The highest BCUT2D eigenvalue weighted by Crippen LogP contribution is 2.30. The van der Waals surface area contributed by atoms with Crippen molar-refractivity contribution in [1.29, 1.82) is 0 Å². The number of hydrogen-bond donors (Lipinski definition) is 0. The van der Waals surface area contributed by atoms with Gasteiger partial charge in [0.25, 0.3) is 0 Å². The number of nitrogens with zero attached hydrogens (tertiary/aromatic N) is 1. The van der Waals surface area contributed by atoms with Gasteiger partial charge in [-0.1, -0.05) is 91.0 Å². The van der Waals surface area contributed by atoms with Crippen molar-refractivity contribution in [2.24, 2.45) is 0 Å². The van der Waals surface area contributed by atoms with Gasteiger partial charge in [0.2, 0.25) is 0 Å². The first kappa shape index (κ1) is 23.4. The molecule has 4 nitrogen and oxygen atoms in total. The predicted octanol–water partition coefficient (Wildman–Crippen LogP) is 5.41. The van der Waals surface area contributed by atoms with Crippen LogP contribution in [0.2, 0.25) is 0 Å². The Morgan fingerprint density at radius 2 is 1.33 bits per heavy atom. The summed E-state index contributed by atoms with van der Waals surface area (Å²) in [7, 11) is 0. The fourth-order valence-corrected chi connectivity index (χ4v) is 4.65. The van der Waals surface area contributed by atoms with E-state index >= 15 is 0 Å². The van der Waals surface area contributed by atoms with Crippen LogP contribution in [0, 0.1) is 0 Å². The summed E-state index contributed by atoms with van der Waals surface area (Å²) in [6.45, 7) is 2.50. The van der Waals surface area contributed by atoms with Gasteiger partial charge >= 0.3 is 0 Å². The van der Waals surface area contributed by atoms with Crippen LogP contribution in [0.25, 0.3) is 0 Å². The molecule has 3 aromatic carbocycles. The Hall–Kier alpha value is -2.79. The second-order valence-corrected chi connectivity index (χ2v) is 8.69. The SMILES string of the molecule is O=CC[C@@H]1CCC(OCc2ccccc2)C(COCc2ccccc2)N1Cc1ccccc1. The van der Waals surface area contributed by atoms with Crippen LogP contribution in [0.5, 0.6) is 0 Å². The smallest absolute Gasteiger partial charge is 0.121 e. The van der Waals surface area contributed by atoms with Gasteiger partial charge in [-0.25, -0.2) is 0 Å². The maximum Gasteiger partial charge on any atom is 0.121 e. The van der Waals surface area contributed by atoms with Gasteiger partial charge in [-0.2, -0.15) is 0 Å². The van der Waals surface area contributed by atoms with Crippen molar-refractivity contribution in [3.63, 3.8) is 0 Å². The number of ether oxygens (including phenoxy) is 2. The Morgan fingerprint density at radius 3 is 1.94 bits per heavy atom. The maximum absolute atomic E-state index is 11.5. The zero-order chi connectivity index (χ0) is 22.7. The van der Waals surface area contributed by atoms with E-state index in [0.29, 0.717) is 26.2 Å². The Kier molecular flexibility index (Phi) is 8.82. The monoisotopic (exact) mass is 443 g/mol. The zero-order valence-electron chi connectivity index (χ0n) is 19.1. The third-order valence-corrected chi connectivity index (χ3v) is 6.39. The lowest BCUT2D eigenvalue weighted by molar-refractivity contribution is -0.117. The molecule has 0 spiro atoms. The van der Waals surface area contributed by atoms with Crippen LogP contribution in [0.3, 0.4) is 0 Å². The van der Waals surface area contributed by atoms with Crippen molar-refractivity contribution in [3.8, 4) is 0 Å². The molecular weight excluding hydrogens is 410 g/mol. The molecule has 0 aromatic heterocycles. The Bertz CT molecular complexity index is 948. The van der Waals surface area contributed by atoms with E-state index in [1.807, 2.05) is 42.5 Å². The molecule has 3 atom stereocenters. The largest absolute Gasteiger partial charge is 0.375 e. The number of rotatable bonds is 11. The Labute approximate surface area is 197 Å². The van der Waals surface area contributed by atoms with Crippen molar-refractivity contribution in [3.05, 3.63) is 108 Å². The third-order valence-electron chi connectivity index (χ3n) is 6.39. The molecule has 1 fully saturated rings. The number of hydrogen-bond acceptors (Lipinski definition) is 4. The van der Waals surface area contributed by atoms with E-state index in [2.05, 4.69) is 53.4 Å². The van der Waals surface area contributed by atoms with Gasteiger partial charge in [0.05, 0.1) is 32.0 Å². The standard InChI is InChI=1S/C29H33NO3/c31-19-18-27-16-17-29(33-22-26-14-8-3-9-15-26)28(23-32-21-25-12-6-2-7-13-25)30(27)20-24-10-4-1-5-11-24/h1-15,19,27-29H,16-18,20-23H2/t27-,28?,29?/m0/s1. The number of aldehydes is 1. The van der Waals surface area contributed by atoms with E-state index in [-0.39, 0.29) is 18.2 Å². The highest BCUT2D eigenvalue weighted by atomic mass is 16.5. The summed E-state index contributed by atoms with van der Waals surface area (Å²) in [5, 5.41) is 0. The van der Waals surface area contributed by atoms with Crippen molar-refractivity contribution >= 4 is 6.29 Å². The molecule has 0 aliphatic carbocycles. The van der Waals surface area contributed by atoms with Crippen LogP contribution in [0.1, 0.15) is 36.0 Å². The lowest BCUT2D eigenvalue weighted by atomic mass is 9.90. The van der Waals surface area contributed by atoms with Gasteiger partial charge < -0.3 is 14.3 Å². The minimum Gasteiger partial charge on any atom is -0.375 e. The minimum atomic E-state index is 0.0487. The first-order valence-corrected chi connectivity index (χ1v) is 11.8. The van der Waals surface area contributed by atoms with E-state index in [1.54, 1.807) is 0 Å². The number of carbonyl (C=O) groups is 1. The predicted molar refractivity (Wildman–Crippen MR) is 131 cm³/mol. The van der Waals surface area contributed by atoms with Crippen LogP contribution < -0.4 is 0 Å². The molecule has 0 amide bonds. The zero-order valence-corrected chi connectivity index (χ0v) is 19.1.